The standard InChI is InChI=1S/C9H14I2O4/c10-3-1-2-7(11)4-6(9(14)15)5-8(12)13/h6-7H,1-5H2,(H,12,13)(H,14,15). The molecule has 2 atom stereocenters. The van der Waals surface area contributed by atoms with Crippen molar-refractivity contribution in [1.82, 2.24) is 0 Å². The van der Waals surface area contributed by atoms with Crippen molar-refractivity contribution in [2.45, 2.75) is 29.6 Å². The van der Waals surface area contributed by atoms with Crippen molar-refractivity contribution in [3.05, 3.63) is 0 Å². The van der Waals surface area contributed by atoms with Gasteiger partial charge in [0, 0.05) is 3.92 Å². The van der Waals surface area contributed by atoms with Gasteiger partial charge in [0.2, 0.25) is 0 Å². The van der Waals surface area contributed by atoms with Crippen LogP contribution in [0.5, 0.6) is 0 Å². The lowest BCUT2D eigenvalue weighted by Crippen LogP contribution is -2.21. The molecule has 0 bridgehead atoms. The summed E-state index contributed by atoms with van der Waals surface area (Å²) in [5, 5.41) is 17.4. The third-order valence-corrected chi connectivity index (χ3v) is 3.86. The fourth-order valence-electron chi connectivity index (χ4n) is 1.21. The van der Waals surface area contributed by atoms with Crippen molar-refractivity contribution >= 4 is 57.1 Å². The number of rotatable bonds is 8. The summed E-state index contributed by atoms with van der Waals surface area (Å²) in [6, 6.07) is 0. The highest BCUT2D eigenvalue weighted by molar-refractivity contribution is 14.1. The molecule has 2 N–H and O–H groups in total. The van der Waals surface area contributed by atoms with Crippen molar-refractivity contribution in [2.24, 2.45) is 5.92 Å². The normalized spacial score (nSPS) is 14.5. The van der Waals surface area contributed by atoms with Gasteiger partial charge < -0.3 is 10.2 Å². The first-order valence-electron chi connectivity index (χ1n) is 4.62. The van der Waals surface area contributed by atoms with E-state index in [1.165, 1.54) is 0 Å². The second-order valence-corrected chi connectivity index (χ2v) is 6.14. The highest BCUT2D eigenvalue weighted by atomic mass is 127. The Morgan fingerprint density at radius 1 is 1.27 bits per heavy atom. The molecule has 0 radical (unpaired) electrons. The fraction of sp³-hybridized carbons (Fsp3) is 0.778. The quantitative estimate of drug-likeness (QED) is 0.450. The largest absolute Gasteiger partial charge is 0.481 e. The van der Waals surface area contributed by atoms with Crippen molar-refractivity contribution < 1.29 is 19.8 Å². The fourth-order valence-corrected chi connectivity index (χ4v) is 2.70. The van der Waals surface area contributed by atoms with E-state index in [0.717, 1.165) is 17.3 Å². The summed E-state index contributed by atoms with van der Waals surface area (Å²) in [6.45, 7) is 0. The smallest absolute Gasteiger partial charge is 0.307 e. The molecule has 0 aliphatic heterocycles. The first-order chi connectivity index (χ1) is 6.97. The molecule has 0 spiro atoms. The Labute approximate surface area is 116 Å². The van der Waals surface area contributed by atoms with Gasteiger partial charge in [-0.3, -0.25) is 9.59 Å². The Bertz CT molecular complexity index is 220. The van der Waals surface area contributed by atoms with Crippen LogP contribution in [-0.2, 0) is 9.59 Å². The first-order valence-corrected chi connectivity index (χ1v) is 7.39. The molecule has 0 rings (SSSR count). The van der Waals surface area contributed by atoms with Gasteiger partial charge in [0.15, 0.2) is 0 Å². The number of carboxylic acid groups (broad SMARTS) is 2. The second-order valence-electron chi connectivity index (χ2n) is 3.30. The van der Waals surface area contributed by atoms with Crippen LogP contribution in [0.3, 0.4) is 0 Å². The van der Waals surface area contributed by atoms with Crippen molar-refractivity contribution in [1.29, 1.82) is 0 Å². The predicted molar refractivity (Wildman–Crippen MR) is 73.9 cm³/mol. The molecule has 2 unspecified atom stereocenters. The zero-order valence-electron chi connectivity index (χ0n) is 8.16. The summed E-state index contributed by atoms with van der Waals surface area (Å²) in [5.41, 5.74) is 0. The van der Waals surface area contributed by atoms with Gasteiger partial charge in [0.05, 0.1) is 12.3 Å². The van der Waals surface area contributed by atoms with Crippen LogP contribution in [0.2, 0.25) is 0 Å². The number of hydrogen-bond donors (Lipinski definition) is 2. The third kappa shape index (κ3) is 8.23. The molecule has 0 heterocycles. The predicted octanol–water partition coefficient (Wildman–Crippen LogP) is 2.57. The molecule has 88 valence electrons. The maximum atomic E-state index is 10.8. The highest BCUT2D eigenvalue weighted by Gasteiger charge is 2.23. The Morgan fingerprint density at radius 3 is 2.27 bits per heavy atom. The van der Waals surface area contributed by atoms with E-state index in [4.69, 9.17) is 10.2 Å². The van der Waals surface area contributed by atoms with E-state index >= 15 is 0 Å². The van der Waals surface area contributed by atoms with Gasteiger partial charge in [0.1, 0.15) is 0 Å². The lowest BCUT2D eigenvalue weighted by molar-refractivity contribution is -0.148. The van der Waals surface area contributed by atoms with Gasteiger partial charge in [-0.2, -0.15) is 0 Å². The van der Waals surface area contributed by atoms with Crippen molar-refractivity contribution in [2.75, 3.05) is 4.43 Å². The summed E-state index contributed by atoms with van der Waals surface area (Å²) in [7, 11) is 0. The first kappa shape index (κ1) is 15.4. The molecular weight excluding hydrogens is 426 g/mol. The number of carbonyl (C=O) groups is 2. The maximum Gasteiger partial charge on any atom is 0.307 e. The van der Waals surface area contributed by atoms with Crippen LogP contribution in [0.25, 0.3) is 0 Å². The van der Waals surface area contributed by atoms with Gasteiger partial charge in [-0.15, -0.1) is 0 Å². The molecule has 0 fully saturated rings. The monoisotopic (exact) mass is 440 g/mol. The molecule has 0 aromatic carbocycles. The lowest BCUT2D eigenvalue weighted by atomic mass is 9.98. The molecule has 0 aliphatic carbocycles. The van der Waals surface area contributed by atoms with Gasteiger partial charge in [0.25, 0.3) is 0 Å². The molecule has 6 heteroatoms. The Balaban J connectivity index is 4.04. The molecule has 15 heavy (non-hydrogen) atoms. The number of carboxylic acids is 2. The summed E-state index contributed by atoms with van der Waals surface area (Å²) in [6.07, 6.45) is 2.17. The molecule has 0 amide bonds. The van der Waals surface area contributed by atoms with E-state index < -0.39 is 17.9 Å². The van der Waals surface area contributed by atoms with Gasteiger partial charge in [-0.05, 0) is 23.7 Å². The molecule has 0 saturated heterocycles. The summed E-state index contributed by atoms with van der Waals surface area (Å²) < 4.78 is 1.30. The number of alkyl halides is 2. The van der Waals surface area contributed by atoms with Crippen molar-refractivity contribution in [3.63, 3.8) is 0 Å². The molecule has 4 nitrogen and oxygen atoms in total. The summed E-state index contributed by atoms with van der Waals surface area (Å²) in [5.74, 6) is -2.80. The van der Waals surface area contributed by atoms with Crippen LogP contribution in [0.15, 0.2) is 0 Å². The van der Waals surface area contributed by atoms with E-state index in [-0.39, 0.29) is 10.3 Å². The molecule has 0 saturated carbocycles. The second kappa shape index (κ2) is 8.54. The topological polar surface area (TPSA) is 74.6 Å². The van der Waals surface area contributed by atoms with Crippen LogP contribution in [0.1, 0.15) is 25.7 Å². The van der Waals surface area contributed by atoms with E-state index in [1.807, 2.05) is 0 Å². The zero-order chi connectivity index (χ0) is 11.8. The van der Waals surface area contributed by atoms with E-state index in [0.29, 0.717) is 6.42 Å². The van der Waals surface area contributed by atoms with E-state index in [1.54, 1.807) is 0 Å². The lowest BCUT2D eigenvalue weighted by Gasteiger charge is -2.14. The van der Waals surface area contributed by atoms with Crippen LogP contribution in [-0.4, -0.2) is 30.5 Å². The zero-order valence-corrected chi connectivity index (χ0v) is 12.5. The van der Waals surface area contributed by atoms with E-state index in [9.17, 15) is 9.59 Å². The molecule has 0 aromatic rings. The highest BCUT2D eigenvalue weighted by Crippen LogP contribution is 2.21. The average molecular weight is 440 g/mol. The number of aliphatic carboxylic acids is 2. The number of hydrogen-bond acceptors (Lipinski definition) is 2. The molecule has 0 aromatic heterocycles. The minimum absolute atomic E-state index is 0.248. The van der Waals surface area contributed by atoms with Crippen LogP contribution in [0.4, 0.5) is 0 Å². The van der Waals surface area contributed by atoms with Gasteiger partial charge in [-0.25, -0.2) is 0 Å². The summed E-state index contributed by atoms with van der Waals surface area (Å²) >= 11 is 4.47. The number of halogens is 2. The van der Waals surface area contributed by atoms with Crippen LogP contribution in [0, 0.1) is 5.92 Å². The minimum Gasteiger partial charge on any atom is -0.481 e. The van der Waals surface area contributed by atoms with Gasteiger partial charge >= 0.3 is 11.9 Å². The Morgan fingerprint density at radius 2 is 1.87 bits per heavy atom. The van der Waals surface area contributed by atoms with Gasteiger partial charge in [-0.1, -0.05) is 45.2 Å². The maximum absolute atomic E-state index is 10.8. The van der Waals surface area contributed by atoms with E-state index in [2.05, 4.69) is 45.2 Å². The van der Waals surface area contributed by atoms with Crippen molar-refractivity contribution in [3.8, 4) is 0 Å². The third-order valence-electron chi connectivity index (χ3n) is 1.96. The van der Waals surface area contributed by atoms with Crippen LogP contribution >= 0.6 is 45.2 Å². The Hall–Kier alpha value is 0.400. The molecule has 0 aliphatic rings. The average Bonchev–Trinajstić information content (AvgIpc) is 2.12. The SMILES string of the molecule is O=C(O)CC(CC(I)CCCI)C(=O)O. The minimum atomic E-state index is -1.04. The van der Waals surface area contributed by atoms with Crippen LogP contribution < -0.4 is 0 Å². The Kier molecular flexibility index (Phi) is 8.77. The summed E-state index contributed by atoms with van der Waals surface area (Å²) in [4.78, 5) is 21.2. The molecular formula is C9H14I2O4.